The average Bonchev–Trinajstić information content (AvgIpc) is 2.58. The van der Waals surface area contributed by atoms with Gasteiger partial charge in [0, 0.05) is 17.5 Å². The summed E-state index contributed by atoms with van der Waals surface area (Å²) >= 11 is 2.94. The molecule has 1 aliphatic heterocycles. The van der Waals surface area contributed by atoms with Gasteiger partial charge in [-0.3, -0.25) is 4.79 Å². The molecule has 1 N–H and O–H groups in total. The van der Waals surface area contributed by atoms with Crippen LogP contribution >= 0.6 is 23.5 Å². The van der Waals surface area contributed by atoms with E-state index in [2.05, 4.69) is 10.3 Å². The maximum atomic E-state index is 13.2. The molecule has 2 aromatic carbocycles. The summed E-state index contributed by atoms with van der Waals surface area (Å²) in [5.41, 5.74) is 2.33. The number of hydrogen-bond donors (Lipinski definition) is 1. The summed E-state index contributed by atoms with van der Waals surface area (Å²) in [5.74, 6) is -1.40. The van der Waals surface area contributed by atoms with Crippen molar-refractivity contribution in [2.75, 3.05) is 5.32 Å². The highest BCUT2D eigenvalue weighted by Gasteiger charge is 2.20. The second-order valence-corrected chi connectivity index (χ2v) is 7.73. The Hall–Kier alpha value is -1.86. The predicted octanol–water partition coefficient (Wildman–Crippen LogP) is 4.96. The minimum absolute atomic E-state index is 0.231. The number of carbonyl (C=O) groups excluding carboxylic acids is 1. The van der Waals surface area contributed by atoms with E-state index >= 15 is 0 Å². The number of nitrogens with zero attached hydrogens (tertiary/aromatic N) is 1. The number of anilines is 1. The summed E-state index contributed by atoms with van der Waals surface area (Å²) in [5, 5.41) is 2.18. The number of para-hydroxylation sites is 1. The number of nitrogens with one attached hydrogen (secondary N) is 1. The van der Waals surface area contributed by atoms with Crippen LogP contribution in [0.25, 0.3) is 0 Å². The van der Waals surface area contributed by atoms with E-state index in [0.717, 1.165) is 27.9 Å². The van der Waals surface area contributed by atoms with Gasteiger partial charge in [-0.2, -0.15) is 0 Å². The fourth-order valence-corrected chi connectivity index (χ4v) is 4.28. The Morgan fingerprint density at radius 3 is 2.83 bits per heavy atom. The molecule has 0 radical (unpaired) electrons. The van der Waals surface area contributed by atoms with Crippen LogP contribution in [-0.4, -0.2) is 15.5 Å². The molecular formula is C17H14F2N2OS2. The molecule has 0 fully saturated rings. The molecule has 0 saturated carbocycles. The minimum atomic E-state index is -0.989. The molecule has 0 bridgehead atoms. The molecule has 1 amide bonds. The second-order valence-electron chi connectivity index (χ2n) is 5.17. The van der Waals surface area contributed by atoms with Gasteiger partial charge in [0.05, 0.1) is 10.9 Å². The zero-order valence-electron chi connectivity index (χ0n) is 12.8. The number of halogens is 2. The fourth-order valence-electron chi connectivity index (χ4n) is 2.09. The zero-order chi connectivity index (χ0) is 17.1. The first-order valence-corrected chi connectivity index (χ1v) is 9.11. The summed E-state index contributed by atoms with van der Waals surface area (Å²) in [6.07, 6.45) is 0. The van der Waals surface area contributed by atoms with Gasteiger partial charge in [-0.05, 0) is 30.7 Å². The molecule has 3 rings (SSSR count). The van der Waals surface area contributed by atoms with E-state index in [1.54, 1.807) is 18.7 Å². The predicted molar refractivity (Wildman–Crippen MR) is 96.9 cm³/mol. The molecule has 7 heteroatoms. The van der Waals surface area contributed by atoms with Crippen LogP contribution in [-0.2, 0) is 10.5 Å². The van der Waals surface area contributed by atoms with Crippen molar-refractivity contribution in [2.24, 2.45) is 4.99 Å². The maximum Gasteiger partial charge on any atom is 0.237 e. The molecule has 0 spiro atoms. The Kier molecular flexibility index (Phi) is 5.20. The van der Waals surface area contributed by atoms with Crippen LogP contribution in [0.5, 0.6) is 0 Å². The van der Waals surface area contributed by atoms with Crippen molar-refractivity contribution in [3.8, 4) is 0 Å². The molecule has 0 saturated heterocycles. The first kappa shape index (κ1) is 17.0. The highest BCUT2D eigenvalue weighted by Crippen LogP contribution is 2.35. The van der Waals surface area contributed by atoms with Crippen molar-refractivity contribution in [1.82, 2.24) is 0 Å². The molecule has 1 atom stereocenters. The van der Waals surface area contributed by atoms with Gasteiger partial charge in [-0.1, -0.05) is 41.7 Å². The first-order valence-electron chi connectivity index (χ1n) is 7.25. The van der Waals surface area contributed by atoms with E-state index in [1.165, 1.54) is 23.4 Å². The van der Waals surface area contributed by atoms with Crippen molar-refractivity contribution in [2.45, 2.75) is 17.9 Å². The topological polar surface area (TPSA) is 41.5 Å². The molecule has 3 nitrogen and oxygen atoms in total. The third kappa shape index (κ3) is 3.96. The van der Waals surface area contributed by atoms with Gasteiger partial charge in [0.25, 0.3) is 0 Å². The molecule has 1 unspecified atom stereocenters. The number of aliphatic imine (C=N–C) groups is 1. The number of hydrogen-bond acceptors (Lipinski definition) is 4. The third-order valence-corrected chi connectivity index (χ3v) is 5.68. The number of amides is 1. The number of fused-ring (bicyclic) bond motifs is 1. The van der Waals surface area contributed by atoms with Crippen molar-refractivity contribution in [1.29, 1.82) is 0 Å². The standard InChI is InChI=1S/C17H14F2N2OS2/c1-10(16(22)20-12-6-7-13(18)14(19)8-12)24-17-21-15-5-3-2-4-11(15)9-23-17/h2-8,10H,9H2,1H3,(H,20,22). The van der Waals surface area contributed by atoms with Crippen LogP contribution in [0.3, 0.4) is 0 Å². The normalized spacial score (nSPS) is 14.5. The summed E-state index contributed by atoms with van der Waals surface area (Å²) < 4.78 is 26.9. The van der Waals surface area contributed by atoms with Crippen molar-refractivity contribution in [3.63, 3.8) is 0 Å². The van der Waals surface area contributed by atoms with Gasteiger partial charge in [0.15, 0.2) is 11.6 Å². The summed E-state index contributed by atoms with van der Waals surface area (Å²) in [4.78, 5) is 16.8. The van der Waals surface area contributed by atoms with Gasteiger partial charge < -0.3 is 5.32 Å². The molecule has 0 aromatic heterocycles. The summed E-state index contributed by atoms with van der Waals surface area (Å²) in [6.45, 7) is 1.75. The van der Waals surface area contributed by atoms with E-state index in [9.17, 15) is 13.6 Å². The van der Waals surface area contributed by atoms with Crippen LogP contribution in [0.15, 0.2) is 47.5 Å². The SMILES string of the molecule is CC(SC1=Nc2ccccc2CS1)C(=O)Nc1ccc(F)c(F)c1. The van der Waals surface area contributed by atoms with Gasteiger partial charge >= 0.3 is 0 Å². The number of thioether (sulfide) groups is 2. The second kappa shape index (κ2) is 7.36. The van der Waals surface area contributed by atoms with Crippen LogP contribution < -0.4 is 5.32 Å². The average molecular weight is 364 g/mol. The molecule has 1 heterocycles. The molecule has 24 heavy (non-hydrogen) atoms. The summed E-state index contributed by atoms with van der Waals surface area (Å²) in [7, 11) is 0. The quantitative estimate of drug-likeness (QED) is 0.837. The highest BCUT2D eigenvalue weighted by atomic mass is 32.2. The van der Waals surface area contributed by atoms with Gasteiger partial charge in [0.2, 0.25) is 5.91 Å². The Morgan fingerprint density at radius 1 is 1.25 bits per heavy atom. The molecule has 1 aliphatic rings. The monoisotopic (exact) mass is 364 g/mol. The lowest BCUT2D eigenvalue weighted by Crippen LogP contribution is -2.23. The third-order valence-electron chi connectivity index (χ3n) is 3.39. The smallest absolute Gasteiger partial charge is 0.237 e. The zero-order valence-corrected chi connectivity index (χ0v) is 14.4. The lowest BCUT2D eigenvalue weighted by molar-refractivity contribution is -0.115. The summed E-state index contributed by atoms with van der Waals surface area (Å²) in [6, 6.07) is 11.2. The van der Waals surface area contributed by atoms with Gasteiger partial charge in [0.1, 0.15) is 4.38 Å². The fraction of sp³-hybridized carbons (Fsp3) is 0.176. The van der Waals surface area contributed by atoms with Crippen LogP contribution in [0.4, 0.5) is 20.2 Å². The van der Waals surface area contributed by atoms with Crippen molar-refractivity contribution >= 4 is 45.2 Å². The molecule has 124 valence electrons. The van der Waals surface area contributed by atoms with E-state index in [4.69, 9.17) is 0 Å². The van der Waals surface area contributed by atoms with E-state index in [-0.39, 0.29) is 11.6 Å². The van der Waals surface area contributed by atoms with Crippen molar-refractivity contribution < 1.29 is 13.6 Å². The Bertz CT molecular complexity index is 811. The van der Waals surface area contributed by atoms with Crippen LogP contribution in [0, 0.1) is 11.6 Å². The molecule has 0 aliphatic carbocycles. The minimum Gasteiger partial charge on any atom is -0.325 e. The maximum absolute atomic E-state index is 13.2. The van der Waals surface area contributed by atoms with E-state index in [0.29, 0.717) is 0 Å². The lowest BCUT2D eigenvalue weighted by Gasteiger charge is -2.17. The first-order chi connectivity index (χ1) is 11.5. The van der Waals surface area contributed by atoms with E-state index in [1.807, 2.05) is 24.3 Å². The molecular weight excluding hydrogens is 350 g/mol. The van der Waals surface area contributed by atoms with Crippen LogP contribution in [0.2, 0.25) is 0 Å². The highest BCUT2D eigenvalue weighted by molar-refractivity contribution is 8.39. The lowest BCUT2D eigenvalue weighted by atomic mass is 10.2. The van der Waals surface area contributed by atoms with Gasteiger partial charge in [-0.25, -0.2) is 13.8 Å². The van der Waals surface area contributed by atoms with Gasteiger partial charge in [-0.15, -0.1) is 0 Å². The molecule has 2 aromatic rings. The van der Waals surface area contributed by atoms with E-state index < -0.39 is 16.9 Å². The Morgan fingerprint density at radius 2 is 2.04 bits per heavy atom. The largest absolute Gasteiger partial charge is 0.325 e. The van der Waals surface area contributed by atoms with Crippen molar-refractivity contribution in [3.05, 3.63) is 59.7 Å². The Labute approximate surface area is 146 Å². The number of benzene rings is 2. The number of carbonyl (C=O) groups is 1. The van der Waals surface area contributed by atoms with Crippen LogP contribution in [0.1, 0.15) is 12.5 Å². The number of rotatable bonds is 3. The Balaban J connectivity index is 1.64.